The molecule has 0 saturated heterocycles. The number of nitrogens with zero attached hydrogens (tertiary/aromatic N) is 1. The summed E-state index contributed by atoms with van der Waals surface area (Å²) in [7, 11) is -3.69. The highest BCUT2D eigenvalue weighted by Gasteiger charge is 2.27. The minimum atomic E-state index is -3.69. The van der Waals surface area contributed by atoms with Crippen LogP contribution in [0.3, 0.4) is 0 Å². The van der Waals surface area contributed by atoms with Crippen LogP contribution in [0.15, 0.2) is 29.2 Å². The van der Waals surface area contributed by atoms with Gasteiger partial charge in [-0.1, -0.05) is 0 Å². The number of carbonyl (C=O) groups excluding carboxylic acids is 1. The standard InChI is InChI=1S/C16H23FN2O3S/c1-12(2)19(11-3-4-16(20)18-14-7-8-14)23(21,22)15-9-5-13(17)6-10-15/h5-6,9-10,12,14H,3-4,7-8,11H2,1-2H3,(H,18,20). The lowest BCUT2D eigenvalue weighted by atomic mass is 10.2. The normalized spacial score (nSPS) is 15.2. The summed E-state index contributed by atoms with van der Waals surface area (Å²) in [4.78, 5) is 11.7. The smallest absolute Gasteiger partial charge is 0.243 e. The molecule has 1 aliphatic rings. The molecule has 5 nitrogen and oxygen atoms in total. The van der Waals surface area contributed by atoms with Crippen LogP contribution in [-0.4, -0.2) is 37.3 Å². The molecule has 1 aromatic rings. The van der Waals surface area contributed by atoms with Crippen molar-refractivity contribution in [2.45, 2.75) is 56.5 Å². The van der Waals surface area contributed by atoms with E-state index in [0.717, 1.165) is 25.0 Å². The van der Waals surface area contributed by atoms with Crippen LogP contribution in [0.25, 0.3) is 0 Å². The van der Waals surface area contributed by atoms with Gasteiger partial charge in [0.05, 0.1) is 4.90 Å². The van der Waals surface area contributed by atoms with Gasteiger partial charge < -0.3 is 5.32 Å². The predicted octanol–water partition coefficient (Wildman–Crippen LogP) is 2.28. The van der Waals surface area contributed by atoms with E-state index in [9.17, 15) is 17.6 Å². The largest absolute Gasteiger partial charge is 0.353 e. The zero-order valence-corrected chi connectivity index (χ0v) is 14.3. The predicted molar refractivity (Wildman–Crippen MR) is 85.8 cm³/mol. The number of amides is 1. The van der Waals surface area contributed by atoms with Crippen molar-refractivity contribution in [1.82, 2.24) is 9.62 Å². The second kappa shape index (κ2) is 7.40. The average molecular weight is 342 g/mol. The molecule has 23 heavy (non-hydrogen) atoms. The number of hydrogen-bond donors (Lipinski definition) is 1. The van der Waals surface area contributed by atoms with Crippen molar-refractivity contribution in [3.8, 4) is 0 Å². The van der Waals surface area contributed by atoms with Crippen molar-refractivity contribution < 1.29 is 17.6 Å². The summed E-state index contributed by atoms with van der Waals surface area (Å²) >= 11 is 0. The quantitative estimate of drug-likeness (QED) is 0.788. The Balaban J connectivity index is 1.98. The van der Waals surface area contributed by atoms with Crippen LogP contribution in [-0.2, 0) is 14.8 Å². The first-order valence-corrected chi connectivity index (χ1v) is 9.31. The Morgan fingerprint density at radius 3 is 2.43 bits per heavy atom. The fraction of sp³-hybridized carbons (Fsp3) is 0.562. The Kier molecular flexibility index (Phi) is 5.75. The van der Waals surface area contributed by atoms with Gasteiger partial charge >= 0.3 is 0 Å². The van der Waals surface area contributed by atoms with E-state index in [1.807, 2.05) is 0 Å². The summed E-state index contributed by atoms with van der Waals surface area (Å²) in [6.45, 7) is 3.83. The zero-order valence-electron chi connectivity index (χ0n) is 13.5. The highest BCUT2D eigenvalue weighted by atomic mass is 32.2. The molecule has 1 saturated carbocycles. The van der Waals surface area contributed by atoms with Gasteiger partial charge in [0.15, 0.2) is 0 Å². The van der Waals surface area contributed by atoms with Crippen LogP contribution in [0.5, 0.6) is 0 Å². The molecule has 128 valence electrons. The second-order valence-electron chi connectivity index (χ2n) is 6.11. The van der Waals surface area contributed by atoms with Gasteiger partial charge in [-0.15, -0.1) is 0 Å². The van der Waals surface area contributed by atoms with Crippen LogP contribution in [0, 0.1) is 5.82 Å². The molecule has 0 unspecified atom stereocenters. The molecule has 0 aliphatic heterocycles. The van der Waals surface area contributed by atoms with E-state index in [0.29, 0.717) is 18.9 Å². The van der Waals surface area contributed by atoms with Gasteiger partial charge in [0.2, 0.25) is 15.9 Å². The maximum absolute atomic E-state index is 13.0. The Morgan fingerprint density at radius 2 is 1.91 bits per heavy atom. The first-order chi connectivity index (χ1) is 10.8. The summed E-state index contributed by atoms with van der Waals surface area (Å²) in [5.74, 6) is -0.507. The van der Waals surface area contributed by atoms with E-state index in [-0.39, 0.29) is 23.4 Å². The molecule has 1 aromatic carbocycles. The monoisotopic (exact) mass is 342 g/mol. The number of nitrogens with one attached hydrogen (secondary N) is 1. The number of sulfonamides is 1. The highest BCUT2D eigenvalue weighted by Crippen LogP contribution is 2.20. The van der Waals surface area contributed by atoms with E-state index in [4.69, 9.17) is 0 Å². The van der Waals surface area contributed by atoms with E-state index in [1.165, 1.54) is 16.4 Å². The molecule has 0 atom stereocenters. The van der Waals surface area contributed by atoms with Gasteiger partial charge in [-0.3, -0.25) is 4.79 Å². The van der Waals surface area contributed by atoms with Gasteiger partial charge in [0.1, 0.15) is 5.82 Å². The maximum Gasteiger partial charge on any atom is 0.243 e. The maximum atomic E-state index is 13.0. The third kappa shape index (κ3) is 5.00. The molecule has 0 aromatic heterocycles. The van der Waals surface area contributed by atoms with Crippen LogP contribution < -0.4 is 5.32 Å². The summed E-state index contributed by atoms with van der Waals surface area (Å²) in [6, 6.07) is 4.87. The minimum absolute atomic E-state index is 0.0320. The van der Waals surface area contributed by atoms with Gasteiger partial charge in [-0.25, -0.2) is 12.8 Å². The SMILES string of the molecule is CC(C)N(CCCC(=O)NC1CC1)S(=O)(=O)c1ccc(F)cc1. The van der Waals surface area contributed by atoms with Crippen molar-refractivity contribution in [2.75, 3.05) is 6.54 Å². The van der Waals surface area contributed by atoms with Gasteiger partial charge in [-0.05, 0) is 57.4 Å². The van der Waals surface area contributed by atoms with Gasteiger partial charge in [-0.2, -0.15) is 4.31 Å². The van der Waals surface area contributed by atoms with Crippen molar-refractivity contribution in [3.05, 3.63) is 30.1 Å². The molecule has 1 aliphatic carbocycles. The number of hydrogen-bond acceptors (Lipinski definition) is 3. The number of benzene rings is 1. The lowest BCUT2D eigenvalue weighted by Crippen LogP contribution is -2.38. The fourth-order valence-corrected chi connectivity index (χ4v) is 4.00. The minimum Gasteiger partial charge on any atom is -0.353 e. The summed E-state index contributed by atoms with van der Waals surface area (Å²) in [5, 5.41) is 2.88. The van der Waals surface area contributed by atoms with Gasteiger partial charge in [0.25, 0.3) is 0 Å². The zero-order chi connectivity index (χ0) is 17.0. The molecular weight excluding hydrogens is 319 g/mol. The Labute approximate surface area is 136 Å². The summed E-state index contributed by atoms with van der Waals surface area (Å²) < 4.78 is 39.6. The molecule has 1 N–H and O–H groups in total. The molecule has 1 amide bonds. The Bertz CT molecular complexity index is 640. The Morgan fingerprint density at radius 1 is 1.30 bits per heavy atom. The van der Waals surface area contributed by atoms with Crippen molar-refractivity contribution >= 4 is 15.9 Å². The lowest BCUT2D eigenvalue weighted by molar-refractivity contribution is -0.121. The Hall–Kier alpha value is -1.47. The third-order valence-corrected chi connectivity index (χ3v) is 5.81. The molecule has 0 spiro atoms. The molecule has 2 rings (SSSR count). The van der Waals surface area contributed by atoms with E-state index >= 15 is 0 Å². The van der Waals surface area contributed by atoms with Crippen molar-refractivity contribution in [2.24, 2.45) is 0 Å². The number of carbonyl (C=O) groups is 1. The van der Waals surface area contributed by atoms with E-state index < -0.39 is 15.8 Å². The number of halogens is 1. The fourth-order valence-electron chi connectivity index (χ4n) is 2.32. The van der Waals surface area contributed by atoms with Crippen molar-refractivity contribution in [1.29, 1.82) is 0 Å². The molecule has 0 bridgehead atoms. The molecular formula is C16H23FN2O3S. The van der Waals surface area contributed by atoms with Crippen LogP contribution >= 0.6 is 0 Å². The lowest BCUT2D eigenvalue weighted by Gasteiger charge is -2.25. The first kappa shape index (κ1) is 17.9. The molecule has 0 heterocycles. The molecule has 0 radical (unpaired) electrons. The van der Waals surface area contributed by atoms with Crippen LogP contribution in [0.2, 0.25) is 0 Å². The molecule has 1 fully saturated rings. The van der Waals surface area contributed by atoms with Crippen LogP contribution in [0.4, 0.5) is 4.39 Å². The number of rotatable bonds is 8. The first-order valence-electron chi connectivity index (χ1n) is 7.87. The molecule has 7 heteroatoms. The second-order valence-corrected chi connectivity index (χ2v) is 8.00. The van der Waals surface area contributed by atoms with E-state index in [1.54, 1.807) is 13.8 Å². The summed E-state index contributed by atoms with van der Waals surface area (Å²) in [6.07, 6.45) is 2.82. The van der Waals surface area contributed by atoms with Gasteiger partial charge in [0, 0.05) is 25.0 Å². The summed E-state index contributed by atoms with van der Waals surface area (Å²) in [5.41, 5.74) is 0. The van der Waals surface area contributed by atoms with E-state index in [2.05, 4.69) is 5.32 Å². The topological polar surface area (TPSA) is 66.5 Å². The highest BCUT2D eigenvalue weighted by molar-refractivity contribution is 7.89. The average Bonchev–Trinajstić information content (AvgIpc) is 3.27. The third-order valence-electron chi connectivity index (χ3n) is 3.72. The van der Waals surface area contributed by atoms with Crippen molar-refractivity contribution in [3.63, 3.8) is 0 Å². The van der Waals surface area contributed by atoms with Crippen LogP contribution in [0.1, 0.15) is 39.5 Å².